The summed E-state index contributed by atoms with van der Waals surface area (Å²) in [6, 6.07) is -0.899. The van der Waals surface area contributed by atoms with Crippen LogP contribution in [0.15, 0.2) is 11.3 Å². The molecular formula is C23H39N5O3. The minimum atomic E-state index is -0.842. The SMILES string of the molecule is CC(C)(C)[C@H](N)[NH+]([O-])N1C[C@]2(C[C@H]1C(=O)NC1CC3CCC3=C(N)C1O)CC21CCC1. The predicted octanol–water partition coefficient (Wildman–Crippen LogP) is 0.122. The lowest BCUT2D eigenvalue weighted by Gasteiger charge is -2.44. The number of allylic oxidation sites excluding steroid dienone is 1. The van der Waals surface area contributed by atoms with Gasteiger partial charge in [0, 0.05) is 11.1 Å². The molecule has 7 N–H and O–H groups in total. The van der Waals surface area contributed by atoms with Gasteiger partial charge in [0.05, 0.1) is 12.6 Å². The Morgan fingerprint density at radius 3 is 2.58 bits per heavy atom. The van der Waals surface area contributed by atoms with Crippen LogP contribution in [0.1, 0.15) is 72.1 Å². The lowest BCUT2D eigenvalue weighted by Crippen LogP contribution is -3.21. The molecule has 4 unspecified atom stereocenters. The lowest BCUT2D eigenvalue weighted by atomic mass is 9.69. The molecular weight excluding hydrogens is 394 g/mol. The van der Waals surface area contributed by atoms with E-state index in [1.165, 1.54) is 19.3 Å². The second kappa shape index (κ2) is 6.90. The van der Waals surface area contributed by atoms with Crippen molar-refractivity contribution >= 4 is 5.91 Å². The van der Waals surface area contributed by atoms with Crippen LogP contribution < -0.4 is 22.0 Å². The van der Waals surface area contributed by atoms with Gasteiger partial charge in [0.1, 0.15) is 12.1 Å². The van der Waals surface area contributed by atoms with E-state index in [0.29, 0.717) is 30.0 Å². The Hall–Kier alpha value is -1.19. The molecule has 1 heterocycles. The van der Waals surface area contributed by atoms with E-state index < -0.39 is 18.3 Å². The monoisotopic (exact) mass is 433 g/mol. The number of carbonyl (C=O) groups excluding carboxylic acids is 1. The number of hydrogen-bond donors (Lipinski definition) is 5. The van der Waals surface area contributed by atoms with E-state index in [-0.39, 0.29) is 28.0 Å². The van der Waals surface area contributed by atoms with Crippen molar-refractivity contribution in [3.63, 3.8) is 0 Å². The van der Waals surface area contributed by atoms with Gasteiger partial charge >= 0.3 is 0 Å². The molecule has 3 saturated carbocycles. The predicted molar refractivity (Wildman–Crippen MR) is 117 cm³/mol. The summed E-state index contributed by atoms with van der Waals surface area (Å²) < 4.78 is 0. The van der Waals surface area contributed by atoms with Crippen molar-refractivity contribution in [1.29, 1.82) is 0 Å². The molecule has 4 fully saturated rings. The van der Waals surface area contributed by atoms with E-state index in [1.807, 2.05) is 20.8 Å². The van der Waals surface area contributed by atoms with Crippen molar-refractivity contribution < 1.29 is 15.1 Å². The number of amides is 1. The summed E-state index contributed by atoms with van der Waals surface area (Å²) >= 11 is 0. The van der Waals surface area contributed by atoms with Crippen molar-refractivity contribution in [1.82, 2.24) is 10.3 Å². The summed E-state index contributed by atoms with van der Waals surface area (Å²) in [7, 11) is 0. The molecule has 0 aromatic carbocycles. The van der Waals surface area contributed by atoms with Crippen molar-refractivity contribution in [2.45, 2.75) is 96.5 Å². The third-order valence-electron chi connectivity index (χ3n) is 9.40. The van der Waals surface area contributed by atoms with Gasteiger partial charge in [0.15, 0.2) is 6.17 Å². The van der Waals surface area contributed by atoms with Gasteiger partial charge in [-0.3, -0.25) is 15.7 Å². The largest absolute Gasteiger partial charge is 0.612 e. The summed E-state index contributed by atoms with van der Waals surface area (Å²) in [4.78, 5) is 13.5. The minimum absolute atomic E-state index is 0.0752. The number of hydroxylamine groups is 1. The number of nitrogens with two attached hydrogens (primary N) is 2. The van der Waals surface area contributed by atoms with Crippen LogP contribution in [-0.2, 0) is 4.79 Å². The maximum Gasteiger partial charge on any atom is 0.243 e. The standard InChI is InChI=1S/C23H39N5O3/c1-21(2,3)20(25)28(31)27-12-23(11-22(23)7-4-8-22)10-16(27)19(30)26-15-9-13-5-6-14(13)17(24)18(15)29/h13,15-16,18,20,28-29H,4-12,24-25H2,1-3H3,(H,26,30)/t13?,15?,16-,18?,20+,23-/m0/s1. The average Bonchev–Trinajstić information content (AvgIpc) is 3.15. The van der Waals surface area contributed by atoms with E-state index in [9.17, 15) is 15.1 Å². The van der Waals surface area contributed by atoms with Gasteiger partial charge in [-0.05, 0) is 67.3 Å². The highest BCUT2D eigenvalue weighted by Gasteiger charge is 2.74. The van der Waals surface area contributed by atoms with Gasteiger partial charge in [-0.25, -0.2) is 0 Å². The number of carbonyl (C=O) groups is 1. The van der Waals surface area contributed by atoms with Crippen LogP contribution in [0.4, 0.5) is 0 Å². The Kier molecular flexibility index (Phi) is 4.82. The smallest absolute Gasteiger partial charge is 0.243 e. The van der Waals surface area contributed by atoms with Gasteiger partial charge in [0.2, 0.25) is 5.91 Å². The first-order chi connectivity index (χ1) is 14.5. The normalized spacial score (nSPS) is 40.8. The number of quaternary nitrogens is 1. The molecule has 8 heteroatoms. The molecule has 1 amide bonds. The van der Waals surface area contributed by atoms with Gasteiger partial charge in [0.25, 0.3) is 0 Å². The third kappa shape index (κ3) is 3.17. The molecule has 0 aromatic heterocycles. The maximum atomic E-state index is 13.5. The molecule has 1 aliphatic heterocycles. The number of nitrogens with one attached hydrogen (secondary N) is 2. The molecule has 4 aliphatic carbocycles. The number of aliphatic hydroxyl groups excluding tert-OH is 1. The minimum Gasteiger partial charge on any atom is -0.612 e. The Morgan fingerprint density at radius 2 is 2.06 bits per heavy atom. The molecule has 1 saturated heterocycles. The fourth-order valence-electron chi connectivity index (χ4n) is 6.81. The summed E-state index contributed by atoms with van der Waals surface area (Å²) in [5.74, 6) is 0.213. The Labute approximate surface area is 184 Å². The first-order valence-electron chi connectivity index (χ1n) is 12.0. The third-order valence-corrected chi connectivity index (χ3v) is 9.40. The number of nitrogens with zero attached hydrogens (tertiary/aromatic N) is 1. The van der Waals surface area contributed by atoms with Crippen molar-refractivity contribution in [3.05, 3.63) is 16.5 Å². The van der Waals surface area contributed by atoms with E-state index >= 15 is 0 Å². The molecule has 0 bridgehead atoms. The Morgan fingerprint density at radius 1 is 1.35 bits per heavy atom. The van der Waals surface area contributed by atoms with Gasteiger partial charge in [-0.2, -0.15) is 0 Å². The molecule has 5 rings (SSSR count). The number of fused-ring (bicyclic) bond motifs is 2. The first-order valence-corrected chi connectivity index (χ1v) is 12.0. The van der Waals surface area contributed by atoms with E-state index in [2.05, 4.69) is 5.32 Å². The van der Waals surface area contributed by atoms with Crippen LogP contribution >= 0.6 is 0 Å². The molecule has 5 aliphatic rings. The second-order valence-electron chi connectivity index (χ2n) is 12.1. The zero-order chi connectivity index (χ0) is 22.3. The quantitative estimate of drug-likeness (QED) is 0.316. The number of hydrogen-bond acceptors (Lipinski definition) is 6. The van der Waals surface area contributed by atoms with Crippen LogP contribution in [0.25, 0.3) is 0 Å². The summed E-state index contributed by atoms with van der Waals surface area (Å²) in [6.45, 7) is 6.52. The van der Waals surface area contributed by atoms with Gasteiger partial charge in [-0.1, -0.05) is 27.2 Å². The van der Waals surface area contributed by atoms with Crippen molar-refractivity contribution in [2.24, 2.45) is 33.6 Å². The fourth-order valence-corrected chi connectivity index (χ4v) is 6.81. The zero-order valence-electron chi connectivity index (χ0n) is 19.1. The maximum absolute atomic E-state index is 13.5. The Balaban J connectivity index is 1.34. The van der Waals surface area contributed by atoms with Gasteiger partial charge in [-0.15, -0.1) is 5.01 Å². The van der Waals surface area contributed by atoms with E-state index in [1.54, 1.807) is 5.01 Å². The highest BCUT2D eigenvalue weighted by atomic mass is 16.6. The number of aliphatic hydroxyl groups is 1. The molecule has 7 atom stereocenters. The molecule has 8 nitrogen and oxygen atoms in total. The van der Waals surface area contributed by atoms with Crippen LogP contribution in [0.3, 0.4) is 0 Å². The first kappa shape index (κ1) is 21.6. The Bertz CT molecular complexity index is 804. The zero-order valence-corrected chi connectivity index (χ0v) is 19.1. The van der Waals surface area contributed by atoms with Crippen LogP contribution in [-0.4, -0.2) is 46.9 Å². The van der Waals surface area contributed by atoms with Crippen LogP contribution in [0.5, 0.6) is 0 Å². The van der Waals surface area contributed by atoms with Crippen molar-refractivity contribution in [2.75, 3.05) is 6.54 Å². The summed E-state index contributed by atoms with van der Waals surface area (Å²) in [6.07, 6.45) is 6.75. The average molecular weight is 434 g/mol. The lowest BCUT2D eigenvalue weighted by molar-refractivity contribution is -1.00. The molecule has 0 radical (unpaired) electrons. The number of rotatable bonds is 4. The molecule has 174 valence electrons. The summed E-state index contributed by atoms with van der Waals surface area (Å²) in [5.41, 5.74) is 14.2. The molecule has 2 spiro atoms. The van der Waals surface area contributed by atoms with Gasteiger partial charge < -0.3 is 21.4 Å². The van der Waals surface area contributed by atoms with Crippen LogP contribution in [0.2, 0.25) is 0 Å². The van der Waals surface area contributed by atoms with E-state index in [0.717, 1.165) is 31.3 Å². The topological polar surface area (TPSA) is 132 Å². The second-order valence-corrected chi connectivity index (χ2v) is 12.1. The van der Waals surface area contributed by atoms with Crippen molar-refractivity contribution in [3.8, 4) is 0 Å². The summed E-state index contributed by atoms with van der Waals surface area (Å²) in [5, 5.41) is 28.8. The highest BCUT2D eigenvalue weighted by molar-refractivity contribution is 5.82. The molecule has 31 heavy (non-hydrogen) atoms. The molecule has 0 aromatic rings. The fraction of sp³-hybridized carbons (Fsp3) is 0.870. The van der Waals surface area contributed by atoms with Crippen LogP contribution in [0, 0.1) is 27.4 Å². The highest BCUT2D eigenvalue weighted by Crippen LogP contribution is 2.77. The van der Waals surface area contributed by atoms with E-state index in [4.69, 9.17) is 11.5 Å².